The van der Waals surface area contributed by atoms with Gasteiger partial charge in [-0.05, 0) is 46.3 Å². The van der Waals surface area contributed by atoms with Crippen molar-refractivity contribution in [2.45, 2.75) is 6.18 Å². The summed E-state index contributed by atoms with van der Waals surface area (Å²) in [7, 11) is 0. The number of nitrogens with zero attached hydrogens (tertiary/aromatic N) is 2. The second-order valence-electron chi connectivity index (χ2n) is 6.78. The van der Waals surface area contributed by atoms with Crippen molar-refractivity contribution in [1.82, 2.24) is 9.80 Å². The summed E-state index contributed by atoms with van der Waals surface area (Å²) >= 11 is 3.24. The summed E-state index contributed by atoms with van der Waals surface area (Å²) in [6.45, 7) is 1.26. The number of carbonyl (C=O) groups excluding carboxylic acids is 2. The minimum absolute atomic E-state index is 0.0993. The molecule has 0 aromatic heterocycles. The summed E-state index contributed by atoms with van der Waals surface area (Å²) in [6.07, 6.45) is -4.57. The number of piperazine rings is 1. The highest BCUT2D eigenvalue weighted by Crippen LogP contribution is 2.34. The number of halogens is 5. The number of hydrogen-bond donors (Lipinski definition) is 1. The van der Waals surface area contributed by atoms with Crippen LogP contribution in [0, 0.1) is 5.82 Å². The number of carbonyl (C=O) groups is 2. The number of anilines is 1. The van der Waals surface area contributed by atoms with E-state index in [1.807, 2.05) is 0 Å². The lowest BCUT2D eigenvalue weighted by molar-refractivity contribution is -0.137. The quantitative estimate of drug-likeness (QED) is 0.663. The van der Waals surface area contributed by atoms with Crippen LogP contribution in [-0.2, 0) is 11.0 Å². The highest BCUT2D eigenvalue weighted by molar-refractivity contribution is 9.10. The summed E-state index contributed by atoms with van der Waals surface area (Å²) in [4.78, 5) is 28.1. The van der Waals surface area contributed by atoms with Crippen molar-refractivity contribution in [2.75, 3.05) is 38.0 Å². The molecule has 3 rings (SSSR count). The lowest BCUT2D eigenvalue weighted by Gasteiger charge is -2.34. The van der Waals surface area contributed by atoms with Crippen LogP contribution in [0.25, 0.3) is 0 Å². The first-order chi connectivity index (χ1) is 14.1. The summed E-state index contributed by atoms with van der Waals surface area (Å²) in [6, 6.07) is 8.64. The number of amides is 2. The standard InChI is InChI=1S/C20H18BrF4N3O2/c21-16-6-5-13(22)11-14(16)19(30)28-9-7-27(8-10-28)12-18(29)26-17-4-2-1-3-15(17)20(23,24)25/h1-6,11H,7-10,12H2,(H,26,29). The number of hydrogen-bond acceptors (Lipinski definition) is 3. The number of nitrogens with one attached hydrogen (secondary N) is 1. The topological polar surface area (TPSA) is 52.7 Å². The van der Waals surface area contributed by atoms with E-state index in [9.17, 15) is 27.2 Å². The van der Waals surface area contributed by atoms with Gasteiger partial charge in [-0.25, -0.2) is 4.39 Å². The highest BCUT2D eigenvalue weighted by atomic mass is 79.9. The van der Waals surface area contributed by atoms with Crippen molar-refractivity contribution < 1.29 is 27.2 Å². The molecular formula is C20H18BrF4N3O2. The molecule has 0 bridgehead atoms. The molecule has 0 aliphatic carbocycles. The van der Waals surface area contributed by atoms with Gasteiger partial charge in [0.1, 0.15) is 5.82 Å². The Morgan fingerprint density at radius 3 is 2.37 bits per heavy atom. The third-order valence-electron chi connectivity index (χ3n) is 4.69. The van der Waals surface area contributed by atoms with Gasteiger partial charge in [-0.15, -0.1) is 0 Å². The summed E-state index contributed by atoms with van der Waals surface area (Å²) in [5, 5.41) is 2.31. The fourth-order valence-electron chi connectivity index (χ4n) is 3.17. The first kappa shape index (κ1) is 22.2. The van der Waals surface area contributed by atoms with Crippen molar-refractivity contribution in [3.05, 3.63) is 63.9 Å². The van der Waals surface area contributed by atoms with Crippen molar-refractivity contribution in [3.63, 3.8) is 0 Å². The van der Waals surface area contributed by atoms with Crippen molar-refractivity contribution in [3.8, 4) is 0 Å². The van der Waals surface area contributed by atoms with Gasteiger partial charge in [0, 0.05) is 30.7 Å². The normalized spacial score (nSPS) is 15.2. The molecule has 1 aliphatic heterocycles. The maximum Gasteiger partial charge on any atom is 0.418 e. The molecule has 0 atom stereocenters. The molecule has 0 spiro atoms. The number of para-hydroxylation sites is 1. The van der Waals surface area contributed by atoms with Crippen LogP contribution < -0.4 is 5.32 Å². The van der Waals surface area contributed by atoms with Crippen LogP contribution in [-0.4, -0.2) is 54.3 Å². The van der Waals surface area contributed by atoms with Gasteiger partial charge in [0.05, 0.1) is 23.4 Å². The number of alkyl halides is 3. The zero-order valence-electron chi connectivity index (χ0n) is 15.7. The van der Waals surface area contributed by atoms with Gasteiger partial charge in [-0.2, -0.15) is 13.2 Å². The molecule has 1 aliphatic rings. The second kappa shape index (κ2) is 9.13. The molecule has 1 heterocycles. The Hall–Kier alpha value is -2.46. The Balaban J connectivity index is 1.56. The smallest absolute Gasteiger partial charge is 0.336 e. The fraction of sp³-hybridized carbons (Fsp3) is 0.300. The first-order valence-corrected chi connectivity index (χ1v) is 9.87. The molecule has 0 radical (unpaired) electrons. The van der Waals surface area contributed by atoms with Gasteiger partial charge < -0.3 is 10.2 Å². The van der Waals surface area contributed by atoms with E-state index < -0.39 is 23.5 Å². The van der Waals surface area contributed by atoms with E-state index in [4.69, 9.17) is 0 Å². The van der Waals surface area contributed by atoms with E-state index in [-0.39, 0.29) is 23.7 Å². The minimum Gasteiger partial charge on any atom is -0.336 e. The maximum absolute atomic E-state index is 13.4. The van der Waals surface area contributed by atoms with Gasteiger partial charge in [0.25, 0.3) is 5.91 Å². The molecule has 2 aromatic carbocycles. The Bertz CT molecular complexity index is 944. The second-order valence-corrected chi connectivity index (χ2v) is 7.64. The molecule has 1 N–H and O–H groups in total. The van der Waals surface area contributed by atoms with Gasteiger partial charge in [0.15, 0.2) is 0 Å². The summed E-state index contributed by atoms with van der Waals surface area (Å²) in [5.74, 6) is -1.42. The maximum atomic E-state index is 13.4. The molecular weight excluding hydrogens is 470 g/mol. The van der Waals surface area contributed by atoms with E-state index in [2.05, 4.69) is 21.2 Å². The summed E-state index contributed by atoms with van der Waals surface area (Å²) < 4.78 is 53.1. The zero-order valence-corrected chi connectivity index (χ0v) is 17.3. The SMILES string of the molecule is O=C(CN1CCN(C(=O)c2cc(F)ccc2Br)CC1)Nc1ccccc1C(F)(F)F. The predicted molar refractivity (Wildman–Crippen MR) is 107 cm³/mol. The predicted octanol–water partition coefficient (Wildman–Crippen LogP) is 4.00. The van der Waals surface area contributed by atoms with Crippen LogP contribution >= 0.6 is 15.9 Å². The molecule has 160 valence electrons. The Morgan fingerprint density at radius 2 is 1.70 bits per heavy atom. The molecule has 0 saturated carbocycles. The average molecular weight is 488 g/mol. The van der Waals surface area contributed by atoms with Crippen LogP contribution in [0.1, 0.15) is 15.9 Å². The first-order valence-electron chi connectivity index (χ1n) is 9.08. The molecule has 1 saturated heterocycles. The van der Waals surface area contributed by atoms with E-state index >= 15 is 0 Å². The molecule has 0 unspecified atom stereocenters. The number of benzene rings is 2. The fourth-order valence-corrected chi connectivity index (χ4v) is 3.59. The molecule has 1 fully saturated rings. The van der Waals surface area contributed by atoms with Crippen molar-refractivity contribution >= 4 is 33.4 Å². The summed E-state index contributed by atoms with van der Waals surface area (Å²) in [5.41, 5.74) is -0.987. The monoisotopic (exact) mass is 487 g/mol. The number of rotatable bonds is 4. The van der Waals surface area contributed by atoms with Crippen molar-refractivity contribution in [2.24, 2.45) is 0 Å². The van der Waals surface area contributed by atoms with E-state index in [0.717, 1.165) is 12.1 Å². The molecule has 2 amide bonds. The van der Waals surface area contributed by atoms with Crippen LogP contribution in [0.4, 0.5) is 23.2 Å². The molecule has 30 heavy (non-hydrogen) atoms. The molecule has 10 heteroatoms. The van der Waals surface area contributed by atoms with E-state index in [1.54, 1.807) is 9.80 Å². The Morgan fingerprint density at radius 1 is 1.03 bits per heavy atom. The van der Waals surface area contributed by atoms with Gasteiger partial charge in [-0.3, -0.25) is 14.5 Å². The largest absolute Gasteiger partial charge is 0.418 e. The minimum atomic E-state index is -4.57. The highest BCUT2D eigenvalue weighted by Gasteiger charge is 2.33. The van der Waals surface area contributed by atoms with Crippen molar-refractivity contribution in [1.29, 1.82) is 0 Å². The zero-order chi connectivity index (χ0) is 21.9. The third-order valence-corrected chi connectivity index (χ3v) is 5.38. The van der Waals surface area contributed by atoms with Crippen LogP contribution in [0.3, 0.4) is 0 Å². The average Bonchev–Trinajstić information content (AvgIpc) is 2.69. The lowest BCUT2D eigenvalue weighted by atomic mass is 10.1. The Labute approximate surface area is 178 Å². The molecule has 2 aromatic rings. The Kier molecular flexibility index (Phi) is 6.77. The van der Waals surface area contributed by atoms with Crippen LogP contribution in [0.15, 0.2) is 46.9 Å². The lowest BCUT2D eigenvalue weighted by Crippen LogP contribution is -2.50. The van der Waals surface area contributed by atoms with Crippen LogP contribution in [0.5, 0.6) is 0 Å². The molecule has 5 nitrogen and oxygen atoms in total. The third kappa shape index (κ3) is 5.37. The van der Waals surface area contributed by atoms with E-state index in [1.165, 1.54) is 30.3 Å². The van der Waals surface area contributed by atoms with Gasteiger partial charge in [-0.1, -0.05) is 12.1 Å². The van der Waals surface area contributed by atoms with Gasteiger partial charge >= 0.3 is 6.18 Å². The van der Waals surface area contributed by atoms with E-state index in [0.29, 0.717) is 30.7 Å². The van der Waals surface area contributed by atoms with Crippen LogP contribution in [0.2, 0.25) is 0 Å². The van der Waals surface area contributed by atoms with Gasteiger partial charge in [0.2, 0.25) is 5.91 Å².